The van der Waals surface area contributed by atoms with Crippen LogP contribution in [0.4, 0.5) is 0 Å². The van der Waals surface area contributed by atoms with E-state index in [1.807, 2.05) is 37.3 Å². The van der Waals surface area contributed by atoms with Gasteiger partial charge in [0.25, 0.3) is 0 Å². The minimum absolute atomic E-state index is 0.149. The van der Waals surface area contributed by atoms with E-state index in [-0.39, 0.29) is 5.91 Å². The normalized spacial score (nSPS) is 12.1. The Hall–Kier alpha value is -2.14. The third-order valence-corrected chi connectivity index (χ3v) is 3.02. The summed E-state index contributed by atoms with van der Waals surface area (Å²) in [6.45, 7) is 2.36. The number of hydrogen-bond donors (Lipinski definition) is 3. The molecule has 19 heavy (non-hydrogen) atoms. The van der Waals surface area contributed by atoms with Crippen LogP contribution < -0.4 is 11.1 Å². The van der Waals surface area contributed by atoms with Crippen molar-refractivity contribution in [3.05, 3.63) is 53.3 Å². The number of aromatic nitrogens is 2. The van der Waals surface area contributed by atoms with Gasteiger partial charge in [0.1, 0.15) is 0 Å². The molecule has 0 saturated carbocycles. The zero-order valence-electron chi connectivity index (χ0n) is 10.9. The van der Waals surface area contributed by atoms with Crippen LogP contribution in [0, 0.1) is 6.92 Å². The number of carbonyl (C=O) groups excluding carboxylic acids is 1. The van der Waals surface area contributed by atoms with Gasteiger partial charge < -0.3 is 11.1 Å². The molecule has 0 saturated heterocycles. The van der Waals surface area contributed by atoms with E-state index in [0.29, 0.717) is 13.0 Å². The average molecular weight is 258 g/mol. The first-order valence-corrected chi connectivity index (χ1v) is 6.23. The van der Waals surface area contributed by atoms with Crippen LogP contribution in [-0.4, -0.2) is 22.1 Å². The molecular formula is C14H18N4O. The maximum atomic E-state index is 11.9. The summed E-state index contributed by atoms with van der Waals surface area (Å²) in [5, 5.41) is 9.56. The number of aryl methyl sites for hydroxylation is 1. The second-order valence-electron chi connectivity index (χ2n) is 4.53. The van der Waals surface area contributed by atoms with Gasteiger partial charge in [-0.15, -0.1) is 0 Å². The van der Waals surface area contributed by atoms with Gasteiger partial charge in [-0.3, -0.25) is 9.89 Å². The van der Waals surface area contributed by atoms with E-state index in [4.69, 9.17) is 5.73 Å². The van der Waals surface area contributed by atoms with Gasteiger partial charge in [0.2, 0.25) is 5.91 Å². The van der Waals surface area contributed by atoms with Crippen LogP contribution in [-0.2, 0) is 17.8 Å². The number of amides is 1. The lowest BCUT2D eigenvalue weighted by Gasteiger charge is -2.12. The lowest BCUT2D eigenvalue weighted by Crippen LogP contribution is -2.41. The Bertz CT molecular complexity index is 535. The van der Waals surface area contributed by atoms with Gasteiger partial charge in [-0.25, -0.2) is 0 Å². The molecule has 2 rings (SSSR count). The van der Waals surface area contributed by atoms with Crippen molar-refractivity contribution in [1.82, 2.24) is 15.5 Å². The predicted molar refractivity (Wildman–Crippen MR) is 73.3 cm³/mol. The summed E-state index contributed by atoms with van der Waals surface area (Å²) in [6.07, 6.45) is 2.25. The molecular weight excluding hydrogens is 240 g/mol. The number of nitrogens with zero attached hydrogens (tertiary/aromatic N) is 1. The van der Waals surface area contributed by atoms with E-state index in [2.05, 4.69) is 15.5 Å². The molecule has 1 atom stereocenters. The minimum Gasteiger partial charge on any atom is -0.351 e. The second-order valence-corrected chi connectivity index (χ2v) is 4.53. The van der Waals surface area contributed by atoms with Crippen LogP contribution in [0.1, 0.15) is 16.8 Å². The molecule has 0 aliphatic heterocycles. The van der Waals surface area contributed by atoms with Crippen molar-refractivity contribution >= 4 is 5.91 Å². The third-order valence-electron chi connectivity index (χ3n) is 3.02. The average Bonchev–Trinajstić information content (AvgIpc) is 2.82. The lowest BCUT2D eigenvalue weighted by molar-refractivity contribution is -0.122. The van der Waals surface area contributed by atoms with Crippen LogP contribution in [0.5, 0.6) is 0 Å². The Morgan fingerprint density at radius 3 is 2.79 bits per heavy atom. The fourth-order valence-electron chi connectivity index (χ4n) is 1.83. The maximum absolute atomic E-state index is 11.9. The van der Waals surface area contributed by atoms with Gasteiger partial charge in [-0.05, 0) is 18.9 Å². The molecule has 5 nitrogen and oxygen atoms in total. The van der Waals surface area contributed by atoms with Crippen LogP contribution >= 0.6 is 0 Å². The summed E-state index contributed by atoms with van der Waals surface area (Å²) >= 11 is 0. The van der Waals surface area contributed by atoms with Crippen molar-refractivity contribution in [2.24, 2.45) is 5.73 Å². The number of hydrogen-bond acceptors (Lipinski definition) is 3. The number of carbonyl (C=O) groups is 1. The summed E-state index contributed by atoms with van der Waals surface area (Å²) in [6, 6.07) is 9.22. The van der Waals surface area contributed by atoms with Crippen molar-refractivity contribution < 1.29 is 4.79 Å². The van der Waals surface area contributed by atoms with Gasteiger partial charge >= 0.3 is 0 Å². The molecule has 0 spiro atoms. The van der Waals surface area contributed by atoms with Gasteiger partial charge in [0.15, 0.2) is 0 Å². The smallest absolute Gasteiger partial charge is 0.237 e. The zero-order chi connectivity index (χ0) is 13.7. The summed E-state index contributed by atoms with van der Waals surface area (Å²) in [5.41, 5.74) is 8.88. The Morgan fingerprint density at radius 2 is 2.16 bits per heavy atom. The molecule has 0 aliphatic carbocycles. The molecule has 5 heteroatoms. The molecule has 2 aromatic rings. The topological polar surface area (TPSA) is 83.8 Å². The first-order valence-electron chi connectivity index (χ1n) is 6.23. The van der Waals surface area contributed by atoms with E-state index < -0.39 is 6.04 Å². The number of nitrogens with one attached hydrogen (secondary N) is 2. The quantitative estimate of drug-likeness (QED) is 0.745. The maximum Gasteiger partial charge on any atom is 0.237 e. The van der Waals surface area contributed by atoms with Crippen molar-refractivity contribution in [2.45, 2.75) is 25.9 Å². The Morgan fingerprint density at radius 1 is 1.42 bits per heavy atom. The highest BCUT2D eigenvalue weighted by Gasteiger charge is 2.14. The second kappa shape index (κ2) is 6.15. The zero-order valence-corrected chi connectivity index (χ0v) is 10.9. The molecule has 1 aromatic heterocycles. The van der Waals surface area contributed by atoms with Crippen molar-refractivity contribution in [1.29, 1.82) is 0 Å². The molecule has 0 bridgehead atoms. The fourth-order valence-corrected chi connectivity index (χ4v) is 1.83. The van der Waals surface area contributed by atoms with E-state index in [0.717, 1.165) is 16.8 Å². The highest BCUT2D eigenvalue weighted by molar-refractivity contribution is 5.81. The standard InChI is InChI=1S/C14H18N4O/c1-10-12(9-17-18-10)8-16-14(19)13(15)7-11-5-3-2-4-6-11/h2-6,9,13H,7-8,15H2,1H3,(H,16,19)(H,17,18)/t13-/m0/s1. The van der Waals surface area contributed by atoms with Gasteiger partial charge in [0.05, 0.1) is 12.2 Å². The first-order chi connectivity index (χ1) is 9.16. The van der Waals surface area contributed by atoms with Crippen LogP contribution in [0.3, 0.4) is 0 Å². The summed E-state index contributed by atoms with van der Waals surface area (Å²) < 4.78 is 0. The SMILES string of the molecule is Cc1[nH]ncc1CNC(=O)[C@@H](N)Cc1ccccc1. The Balaban J connectivity index is 1.84. The van der Waals surface area contributed by atoms with Crippen LogP contribution in [0.25, 0.3) is 0 Å². The molecule has 1 aromatic carbocycles. The molecule has 1 amide bonds. The largest absolute Gasteiger partial charge is 0.351 e. The Labute approximate surface area is 112 Å². The summed E-state index contributed by atoms with van der Waals surface area (Å²) in [7, 11) is 0. The third kappa shape index (κ3) is 3.66. The molecule has 0 fully saturated rings. The predicted octanol–water partition coefficient (Wildman–Crippen LogP) is 0.904. The number of benzene rings is 1. The molecule has 0 aliphatic rings. The molecule has 1 heterocycles. The number of H-pyrrole nitrogens is 1. The van der Waals surface area contributed by atoms with E-state index in [9.17, 15) is 4.79 Å². The van der Waals surface area contributed by atoms with Crippen molar-refractivity contribution in [3.63, 3.8) is 0 Å². The van der Waals surface area contributed by atoms with Crippen molar-refractivity contribution in [3.8, 4) is 0 Å². The van der Waals surface area contributed by atoms with Gasteiger partial charge in [-0.2, -0.15) is 5.10 Å². The fraction of sp³-hybridized carbons (Fsp3) is 0.286. The number of aromatic amines is 1. The minimum atomic E-state index is -0.533. The number of nitrogens with two attached hydrogens (primary N) is 1. The molecule has 100 valence electrons. The van der Waals surface area contributed by atoms with Gasteiger partial charge in [0, 0.05) is 17.8 Å². The highest BCUT2D eigenvalue weighted by atomic mass is 16.2. The van der Waals surface area contributed by atoms with E-state index >= 15 is 0 Å². The van der Waals surface area contributed by atoms with Crippen LogP contribution in [0.2, 0.25) is 0 Å². The summed E-state index contributed by atoms with van der Waals surface area (Å²) in [4.78, 5) is 11.9. The summed E-state index contributed by atoms with van der Waals surface area (Å²) in [5.74, 6) is -0.149. The van der Waals surface area contributed by atoms with Gasteiger partial charge in [-0.1, -0.05) is 30.3 Å². The first kappa shape index (κ1) is 13.3. The van der Waals surface area contributed by atoms with E-state index in [1.54, 1.807) is 6.20 Å². The van der Waals surface area contributed by atoms with E-state index in [1.165, 1.54) is 0 Å². The molecule has 0 radical (unpaired) electrons. The monoisotopic (exact) mass is 258 g/mol. The lowest BCUT2D eigenvalue weighted by atomic mass is 10.1. The Kier molecular flexibility index (Phi) is 4.30. The van der Waals surface area contributed by atoms with Crippen LogP contribution in [0.15, 0.2) is 36.5 Å². The highest BCUT2D eigenvalue weighted by Crippen LogP contribution is 2.04. The molecule has 4 N–H and O–H groups in total. The number of rotatable bonds is 5. The molecule has 0 unspecified atom stereocenters. The van der Waals surface area contributed by atoms with Crippen molar-refractivity contribution in [2.75, 3.05) is 0 Å².